The first-order valence-corrected chi connectivity index (χ1v) is 21.4. The maximum absolute atomic E-state index is 14.5. The number of hydrogen-bond donors (Lipinski definition) is 3. The number of carbonyl (C=O) groups is 2. The van der Waals surface area contributed by atoms with Gasteiger partial charge in [0.1, 0.15) is 11.9 Å². The summed E-state index contributed by atoms with van der Waals surface area (Å²) in [5.74, 6) is -4.78. The van der Waals surface area contributed by atoms with E-state index in [1.807, 2.05) is 41.5 Å². The molecule has 0 amide bonds. The first kappa shape index (κ1) is 43.9. The third kappa shape index (κ3) is 8.10. The minimum atomic E-state index is -1.05. The van der Waals surface area contributed by atoms with Crippen LogP contribution in [-0.4, -0.2) is 99.7 Å². The van der Waals surface area contributed by atoms with Crippen LogP contribution in [0.2, 0.25) is 0 Å². The molecule has 312 valence electrons. The second-order valence-corrected chi connectivity index (χ2v) is 18.5. The average Bonchev–Trinajstić information content (AvgIpc) is 3.48. The molecule has 0 aliphatic carbocycles. The molecular formula is C43H74O11. The fourth-order valence-electron chi connectivity index (χ4n) is 11.2. The van der Waals surface area contributed by atoms with E-state index in [0.29, 0.717) is 64.2 Å². The van der Waals surface area contributed by atoms with Gasteiger partial charge in [0.2, 0.25) is 0 Å². The van der Waals surface area contributed by atoms with Gasteiger partial charge in [0, 0.05) is 43.6 Å². The summed E-state index contributed by atoms with van der Waals surface area (Å²) in [6, 6.07) is 0. The van der Waals surface area contributed by atoms with Gasteiger partial charge in [-0.3, -0.25) is 9.59 Å². The molecule has 5 saturated heterocycles. The molecule has 0 saturated carbocycles. The zero-order valence-electron chi connectivity index (χ0n) is 35.2. The third-order valence-electron chi connectivity index (χ3n) is 15.1. The first-order chi connectivity index (χ1) is 25.3. The van der Waals surface area contributed by atoms with Crippen LogP contribution < -0.4 is 0 Å². The number of carboxylic acid groups (broad SMARTS) is 1. The number of ketones is 1. The van der Waals surface area contributed by atoms with E-state index in [0.717, 1.165) is 12.8 Å². The van der Waals surface area contributed by atoms with Gasteiger partial charge in [-0.2, -0.15) is 0 Å². The molecular weight excluding hydrogens is 692 g/mol. The summed E-state index contributed by atoms with van der Waals surface area (Å²) in [6.45, 7) is 20.1. The second kappa shape index (κ2) is 17.0. The number of carbonyl (C=O) groups excluding carboxylic acids is 1. The standard InChI is InChI=1S/C43H74O11/c1-12-30(39(46)47)32-16-15-24(4)37(51-32)28(8)35(44)27(7)36(45)31(13-2)38-25(5)23-26(6)42(52-38)20-18-34(49-11)43(54-42)22-21-40(10,53-43)33-17-19-41(48,14-3)29(9)50-33/h24-35,37-38,44,48H,12-23H2,1-11H3,(H,46,47)/t24-,25-,26+,27-,28-,29-,30+,31-,32+,33+,34+,35+,37+,38-,40-,41+,42-,43-/m0/s1. The third-order valence-corrected chi connectivity index (χ3v) is 15.1. The van der Waals surface area contributed by atoms with Crippen LogP contribution in [0, 0.1) is 41.4 Å². The van der Waals surface area contributed by atoms with E-state index in [1.54, 1.807) is 7.11 Å². The summed E-state index contributed by atoms with van der Waals surface area (Å²) in [6.07, 6.45) is 4.92. The van der Waals surface area contributed by atoms with E-state index < -0.39 is 64.8 Å². The van der Waals surface area contributed by atoms with Gasteiger partial charge in [0.05, 0.1) is 53.7 Å². The highest BCUT2D eigenvalue weighted by atomic mass is 16.8. The molecule has 18 atom stereocenters. The zero-order chi connectivity index (χ0) is 40.0. The number of rotatable bonds is 13. The lowest BCUT2D eigenvalue weighted by atomic mass is 9.72. The molecule has 0 unspecified atom stereocenters. The molecule has 5 aliphatic rings. The number of ether oxygens (including phenoxy) is 6. The number of aliphatic hydroxyl groups excluding tert-OH is 1. The summed E-state index contributed by atoms with van der Waals surface area (Å²) < 4.78 is 40.4. The highest BCUT2D eigenvalue weighted by Crippen LogP contribution is 2.56. The molecule has 11 nitrogen and oxygen atoms in total. The number of Topliss-reactive ketones (excluding diaryl/α,β-unsaturated/α-hetero) is 1. The van der Waals surface area contributed by atoms with Gasteiger partial charge in [-0.25, -0.2) is 0 Å². The van der Waals surface area contributed by atoms with Crippen LogP contribution >= 0.6 is 0 Å². The fourth-order valence-corrected chi connectivity index (χ4v) is 11.2. The van der Waals surface area contributed by atoms with E-state index in [1.165, 1.54) is 0 Å². The summed E-state index contributed by atoms with van der Waals surface area (Å²) in [7, 11) is 1.70. The van der Waals surface area contributed by atoms with Gasteiger partial charge in [-0.1, -0.05) is 55.4 Å². The van der Waals surface area contributed by atoms with Gasteiger partial charge >= 0.3 is 5.97 Å². The summed E-state index contributed by atoms with van der Waals surface area (Å²) in [5.41, 5.74) is -1.48. The van der Waals surface area contributed by atoms with Crippen molar-refractivity contribution in [2.75, 3.05) is 7.11 Å². The smallest absolute Gasteiger partial charge is 0.309 e. The maximum atomic E-state index is 14.5. The van der Waals surface area contributed by atoms with E-state index in [9.17, 15) is 24.9 Å². The lowest BCUT2D eigenvalue weighted by molar-refractivity contribution is -0.443. The quantitative estimate of drug-likeness (QED) is 0.177. The first-order valence-electron chi connectivity index (χ1n) is 21.4. The monoisotopic (exact) mass is 767 g/mol. The molecule has 2 spiro atoms. The molecule has 5 fully saturated rings. The number of methoxy groups -OCH3 is 1. The van der Waals surface area contributed by atoms with Crippen LogP contribution in [0.25, 0.3) is 0 Å². The van der Waals surface area contributed by atoms with Crippen LogP contribution in [-0.2, 0) is 38.0 Å². The summed E-state index contributed by atoms with van der Waals surface area (Å²) in [4.78, 5) is 26.5. The number of aliphatic hydroxyl groups is 2. The van der Waals surface area contributed by atoms with E-state index >= 15 is 0 Å². The Morgan fingerprint density at radius 1 is 0.833 bits per heavy atom. The minimum Gasteiger partial charge on any atom is -0.481 e. The summed E-state index contributed by atoms with van der Waals surface area (Å²) in [5, 5.41) is 32.7. The van der Waals surface area contributed by atoms with Crippen molar-refractivity contribution in [1.29, 1.82) is 0 Å². The van der Waals surface area contributed by atoms with Gasteiger partial charge < -0.3 is 43.7 Å². The highest BCUT2D eigenvalue weighted by Gasteiger charge is 2.65. The molecule has 0 aromatic rings. The Bertz CT molecular complexity index is 1300. The Morgan fingerprint density at radius 3 is 2.11 bits per heavy atom. The number of carboxylic acids is 1. The second-order valence-electron chi connectivity index (χ2n) is 18.5. The molecule has 3 N–H and O–H groups in total. The molecule has 5 aliphatic heterocycles. The van der Waals surface area contributed by atoms with Crippen LogP contribution in [0.15, 0.2) is 0 Å². The van der Waals surface area contributed by atoms with Crippen LogP contribution in [0.5, 0.6) is 0 Å². The van der Waals surface area contributed by atoms with E-state index in [2.05, 4.69) is 27.7 Å². The molecule has 5 rings (SSSR count). The Balaban J connectivity index is 1.32. The molecule has 11 heteroatoms. The van der Waals surface area contributed by atoms with Gasteiger partial charge in [0.25, 0.3) is 0 Å². The van der Waals surface area contributed by atoms with Gasteiger partial charge in [0.15, 0.2) is 11.6 Å². The van der Waals surface area contributed by atoms with E-state index in [4.69, 9.17) is 28.4 Å². The van der Waals surface area contributed by atoms with Gasteiger partial charge in [-0.15, -0.1) is 0 Å². The highest BCUT2D eigenvalue weighted by molar-refractivity contribution is 5.84. The fraction of sp³-hybridized carbons (Fsp3) is 0.953. The normalized spacial score (nSPS) is 45.8. The Hall–Kier alpha value is -1.18. The largest absolute Gasteiger partial charge is 0.481 e. The molecule has 0 aromatic heterocycles. The van der Waals surface area contributed by atoms with Crippen LogP contribution in [0.1, 0.15) is 146 Å². The molecule has 54 heavy (non-hydrogen) atoms. The number of hydrogen-bond acceptors (Lipinski definition) is 10. The molecule has 0 aromatic carbocycles. The molecule has 5 heterocycles. The number of aliphatic carboxylic acids is 1. The topological polar surface area (TPSA) is 150 Å². The van der Waals surface area contributed by atoms with Crippen molar-refractivity contribution in [2.45, 2.75) is 212 Å². The van der Waals surface area contributed by atoms with E-state index in [-0.39, 0.29) is 53.9 Å². The van der Waals surface area contributed by atoms with Crippen molar-refractivity contribution in [2.24, 2.45) is 41.4 Å². The summed E-state index contributed by atoms with van der Waals surface area (Å²) >= 11 is 0. The molecule has 0 bridgehead atoms. The van der Waals surface area contributed by atoms with Crippen molar-refractivity contribution in [1.82, 2.24) is 0 Å². The van der Waals surface area contributed by atoms with Crippen LogP contribution in [0.4, 0.5) is 0 Å². The predicted molar refractivity (Wildman–Crippen MR) is 204 cm³/mol. The zero-order valence-corrected chi connectivity index (χ0v) is 35.2. The Labute approximate surface area is 324 Å². The lowest BCUT2D eigenvalue weighted by Gasteiger charge is -2.57. The Morgan fingerprint density at radius 2 is 1.52 bits per heavy atom. The Kier molecular flexibility index (Phi) is 13.8. The average molecular weight is 767 g/mol. The molecule has 0 radical (unpaired) electrons. The lowest BCUT2D eigenvalue weighted by Crippen LogP contribution is -2.65. The van der Waals surface area contributed by atoms with Crippen molar-refractivity contribution in [3.05, 3.63) is 0 Å². The van der Waals surface area contributed by atoms with Crippen LogP contribution in [0.3, 0.4) is 0 Å². The van der Waals surface area contributed by atoms with Gasteiger partial charge in [-0.05, 0) is 89.9 Å². The van der Waals surface area contributed by atoms with Crippen molar-refractivity contribution >= 4 is 11.8 Å². The van der Waals surface area contributed by atoms with Crippen molar-refractivity contribution in [3.8, 4) is 0 Å². The maximum Gasteiger partial charge on any atom is 0.309 e. The predicted octanol–water partition coefficient (Wildman–Crippen LogP) is 7.07. The SMILES string of the molecule is CC[C@@H](C(=O)[C@@H](C)[C@@H](O)[C@H](C)[C@@H]1O[C@@H]([C@@H](CC)C(=O)O)CC[C@@H]1C)[C@H]1O[C@]2(CC[C@@H](OC)[C@]3(CC[C@@](C)([C@H]4CC[C@](O)(CC)[C@H](C)O4)O3)O2)[C@H](C)C[C@@H]1C. The van der Waals surface area contributed by atoms with Crippen molar-refractivity contribution in [3.63, 3.8) is 0 Å². The van der Waals surface area contributed by atoms with Crippen molar-refractivity contribution < 1.29 is 53.3 Å². The minimum absolute atomic E-state index is 0.0315.